The lowest BCUT2D eigenvalue weighted by atomic mass is 9.91. The summed E-state index contributed by atoms with van der Waals surface area (Å²) >= 11 is 0. The summed E-state index contributed by atoms with van der Waals surface area (Å²) in [5.74, 6) is 1.45. The summed E-state index contributed by atoms with van der Waals surface area (Å²) in [5.41, 5.74) is 2.80. The Morgan fingerprint density at radius 1 is 1.03 bits per heavy atom. The standard InChI is InChI=1S/C29H27F3O5/c1-34-19-5-3-4-17(12-19)13-24-22-9-11-26(23(22)8-10-25(24)29(30,31)32)37-20-6-7-21-18(14-28(33)35-2)16-36-27(21)15-20/h3-8,10,12,15,18,26H,9,11,13-14,16H2,1-2H3. The molecule has 0 saturated carbocycles. The zero-order valence-corrected chi connectivity index (χ0v) is 20.6. The van der Waals surface area contributed by atoms with E-state index in [1.54, 1.807) is 30.3 Å². The van der Waals surface area contributed by atoms with Crippen molar-refractivity contribution in [2.24, 2.45) is 0 Å². The van der Waals surface area contributed by atoms with Gasteiger partial charge in [0.2, 0.25) is 0 Å². The minimum absolute atomic E-state index is 0.0799. The number of fused-ring (bicyclic) bond motifs is 2. The predicted molar refractivity (Wildman–Crippen MR) is 130 cm³/mol. The van der Waals surface area contributed by atoms with Crippen LogP contribution in [0.4, 0.5) is 13.2 Å². The van der Waals surface area contributed by atoms with Crippen molar-refractivity contribution in [3.63, 3.8) is 0 Å². The Hall–Kier alpha value is -3.68. The van der Waals surface area contributed by atoms with Gasteiger partial charge >= 0.3 is 12.1 Å². The molecule has 0 fully saturated rings. The molecule has 0 amide bonds. The molecule has 0 spiro atoms. The Labute approximate surface area is 213 Å². The number of esters is 1. The number of hydrogen-bond donors (Lipinski definition) is 0. The van der Waals surface area contributed by atoms with Gasteiger partial charge in [-0.15, -0.1) is 0 Å². The number of halogens is 3. The number of carbonyl (C=O) groups is 1. The van der Waals surface area contributed by atoms with Crippen LogP contribution in [0.2, 0.25) is 0 Å². The molecule has 0 N–H and O–H groups in total. The van der Waals surface area contributed by atoms with Gasteiger partial charge in [0.1, 0.15) is 23.4 Å². The van der Waals surface area contributed by atoms with Crippen LogP contribution in [0.5, 0.6) is 17.2 Å². The predicted octanol–water partition coefficient (Wildman–Crippen LogP) is 6.41. The quantitative estimate of drug-likeness (QED) is 0.343. The highest BCUT2D eigenvalue weighted by Crippen LogP contribution is 2.44. The largest absolute Gasteiger partial charge is 0.497 e. The molecule has 2 unspecified atom stereocenters. The maximum absolute atomic E-state index is 14.0. The maximum atomic E-state index is 14.0. The van der Waals surface area contributed by atoms with Gasteiger partial charge in [-0.3, -0.25) is 4.79 Å². The first-order chi connectivity index (χ1) is 17.8. The van der Waals surface area contributed by atoms with Gasteiger partial charge in [-0.2, -0.15) is 13.2 Å². The van der Waals surface area contributed by atoms with Crippen LogP contribution >= 0.6 is 0 Å². The second kappa shape index (κ2) is 10.00. The zero-order valence-electron chi connectivity index (χ0n) is 20.6. The van der Waals surface area contributed by atoms with Crippen molar-refractivity contribution in [2.75, 3.05) is 20.8 Å². The van der Waals surface area contributed by atoms with Gasteiger partial charge in [0.25, 0.3) is 0 Å². The minimum Gasteiger partial charge on any atom is -0.497 e. The minimum atomic E-state index is -4.46. The highest BCUT2D eigenvalue weighted by atomic mass is 19.4. The van der Waals surface area contributed by atoms with E-state index in [1.807, 2.05) is 18.2 Å². The Morgan fingerprint density at radius 2 is 1.84 bits per heavy atom. The first-order valence-corrected chi connectivity index (χ1v) is 12.1. The highest BCUT2D eigenvalue weighted by Gasteiger charge is 2.37. The van der Waals surface area contributed by atoms with E-state index in [1.165, 1.54) is 20.3 Å². The van der Waals surface area contributed by atoms with Gasteiger partial charge in [0.15, 0.2) is 0 Å². The first kappa shape index (κ1) is 25.0. The Balaban J connectivity index is 1.41. The Bertz CT molecular complexity index is 1320. The van der Waals surface area contributed by atoms with Gasteiger partial charge in [0, 0.05) is 17.5 Å². The summed E-state index contributed by atoms with van der Waals surface area (Å²) in [7, 11) is 2.89. The summed E-state index contributed by atoms with van der Waals surface area (Å²) < 4.78 is 64.0. The molecule has 1 aliphatic carbocycles. The lowest BCUT2D eigenvalue weighted by Crippen LogP contribution is -2.13. The summed E-state index contributed by atoms with van der Waals surface area (Å²) in [5, 5.41) is 0. The molecule has 3 aromatic carbocycles. The fraction of sp³-hybridized carbons (Fsp3) is 0.345. The Morgan fingerprint density at radius 3 is 2.59 bits per heavy atom. The number of hydrogen-bond acceptors (Lipinski definition) is 5. The van der Waals surface area contributed by atoms with Gasteiger partial charge in [-0.25, -0.2) is 0 Å². The van der Waals surface area contributed by atoms with E-state index < -0.39 is 11.7 Å². The average molecular weight is 513 g/mol. The monoisotopic (exact) mass is 512 g/mol. The molecule has 0 saturated heterocycles. The summed E-state index contributed by atoms with van der Waals surface area (Å²) in [6.45, 7) is 0.383. The zero-order chi connectivity index (χ0) is 26.2. The van der Waals surface area contributed by atoms with Gasteiger partial charge in [0.05, 0.1) is 32.8 Å². The van der Waals surface area contributed by atoms with E-state index in [9.17, 15) is 18.0 Å². The number of rotatable bonds is 7. The molecule has 8 heteroatoms. The Kier molecular flexibility index (Phi) is 6.75. The van der Waals surface area contributed by atoms with Crippen LogP contribution in [-0.2, 0) is 28.5 Å². The molecule has 3 aromatic rings. The number of ether oxygens (including phenoxy) is 4. The molecule has 1 aliphatic heterocycles. The van der Waals surface area contributed by atoms with Crippen molar-refractivity contribution in [3.05, 3.63) is 88.0 Å². The van der Waals surface area contributed by atoms with Crippen LogP contribution in [0.3, 0.4) is 0 Å². The molecule has 2 aliphatic rings. The molecular weight excluding hydrogens is 485 g/mol. The fourth-order valence-corrected chi connectivity index (χ4v) is 5.26. The van der Waals surface area contributed by atoms with Crippen molar-refractivity contribution in [3.8, 4) is 17.2 Å². The maximum Gasteiger partial charge on any atom is 0.416 e. The number of alkyl halides is 3. The second-order valence-electron chi connectivity index (χ2n) is 9.32. The van der Waals surface area contributed by atoms with Crippen molar-refractivity contribution >= 4 is 5.97 Å². The molecule has 37 heavy (non-hydrogen) atoms. The summed E-state index contributed by atoms with van der Waals surface area (Å²) in [4.78, 5) is 11.7. The number of carbonyl (C=O) groups excluding carboxylic acids is 1. The number of methoxy groups -OCH3 is 2. The highest BCUT2D eigenvalue weighted by molar-refractivity contribution is 5.71. The molecule has 1 heterocycles. The molecule has 5 rings (SSSR count). The van der Waals surface area contributed by atoms with Crippen LogP contribution in [0, 0.1) is 0 Å². The summed E-state index contributed by atoms with van der Waals surface area (Å²) in [6.07, 6.45) is -3.38. The molecule has 194 valence electrons. The van der Waals surface area contributed by atoms with E-state index in [4.69, 9.17) is 18.9 Å². The third-order valence-corrected chi connectivity index (χ3v) is 7.08. The van der Waals surface area contributed by atoms with Crippen molar-refractivity contribution in [2.45, 2.75) is 43.9 Å². The van der Waals surface area contributed by atoms with Gasteiger partial charge in [-0.1, -0.05) is 24.3 Å². The number of benzene rings is 3. The van der Waals surface area contributed by atoms with Crippen molar-refractivity contribution in [1.82, 2.24) is 0 Å². The lowest BCUT2D eigenvalue weighted by Gasteiger charge is -2.20. The van der Waals surface area contributed by atoms with Crippen LogP contribution in [0.1, 0.15) is 58.2 Å². The third-order valence-electron chi connectivity index (χ3n) is 7.08. The lowest BCUT2D eigenvalue weighted by molar-refractivity contribution is -0.141. The normalized spacial score (nSPS) is 18.1. The molecule has 0 aromatic heterocycles. The van der Waals surface area contributed by atoms with E-state index in [0.29, 0.717) is 42.3 Å². The molecule has 0 radical (unpaired) electrons. The summed E-state index contributed by atoms with van der Waals surface area (Å²) in [6, 6.07) is 15.3. The van der Waals surface area contributed by atoms with Crippen molar-refractivity contribution in [1.29, 1.82) is 0 Å². The van der Waals surface area contributed by atoms with E-state index in [0.717, 1.165) is 16.7 Å². The van der Waals surface area contributed by atoms with Crippen LogP contribution in [0.25, 0.3) is 0 Å². The molecule has 0 bridgehead atoms. The van der Waals surface area contributed by atoms with E-state index in [2.05, 4.69) is 0 Å². The van der Waals surface area contributed by atoms with E-state index >= 15 is 0 Å². The van der Waals surface area contributed by atoms with E-state index in [-0.39, 0.29) is 36.4 Å². The average Bonchev–Trinajstić information content (AvgIpc) is 3.47. The second-order valence-corrected chi connectivity index (χ2v) is 9.32. The van der Waals surface area contributed by atoms with Crippen LogP contribution in [0.15, 0.2) is 54.6 Å². The topological polar surface area (TPSA) is 54.0 Å². The van der Waals surface area contributed by atoms with Crippen LogP contribution in [-0.4, -0.2) is 26.8 Å². The molecule has 2 atom stereocenters. The third kappa shape index (κ3) is 5.10. The molecular formula is C29H27F3O5. The smallest absolute Gasteiger partial charge is 0.416 e. The van der Waals surface area contributed by atoms with Crippen molar-refractivity contribution < 1.29 is 36.9 Å². The fourth-order valence-electron chi connectivity index (χ4n) is 5.26. The first-order valence-electron chi connectivity index (χ1n) is 12.1. The SMILES string of the molecule is COC(=O)CC1COc2cc(OC3CCc4c3ccc(C(F)(F)F)c4Cc3cccc(OC)c3)ccc21. The van der Waals surface area contributed by atoms with Crippen LogP contribution < -0.4 is 14.2 Å². The molecule has 5 nitrogen and oxygen atoms in total. The van der Waals surface area contributed by atoms with Gasteiger partial charge < -0.3 is 18.9 Å². The van der Waals surface area contributed by atoms with Gasteiger partial charge in [-0.05, 0) is 65.8 Å².